The zero-order valence-corrected chi connectivity index (χ0v) is 7.94. The minimum atomic E-state index is 1.50. The first-order valence-corrected chi connectivity index (χ1v) is 4.32. The van der Waals surface area contributed by atoms with Crippen molar-refractivity contribution in [2.75, 3.05) is 14.2 Å². The Bertz CT molecular complexity index is 24.1. The SMILES string of the molecule is C1CCCC1.CC.COC. The van der Waals surface area contributed by atoms with E-state index in [0.29, 0.717) is 0 Å². The second kappa shape index (κ2) is 16.0. The average Bonchev–Trinajstić information content (AvgIpc) is 2.48. The van der Waals surface area contributed by atoms with Crippen molar-refractivity contribution in [3.05, 3.63) is 0 Å². The fraction of sp³-hybridized carbons (Fsp3) is 1.00. The van der Waals surface area contributed by atoms with Crippen molar-refractivity contribution < 1.29 is 4.74 Å². The van der Waals surface area contributed by atoms with Crippen LogP contribution >= 0.6 is 0 Å². The fourth-order valence-corrected chi connectivity index (χ4v) is 0.884. The normalized spacial score (nSPS) is 14.4. The maximum atomic E-state index is 4.25. The average molecular weight is 146 g/mol. The highest BCUT2D eigenvalue weighted by atomic mass is 16.4. The molecule has 0 radical (unpaired) electrons. The molecule has 10 heavy (non-hydrogen) atoms. The minimum Gasteiger partial charge on any atom is -0.388 e. The zero-order valence-electron chi connectivity index (χ0n) is 7.94. The van der Waals surface area contributed by atoms with E-state index < -0.39 is 0 Å². The van der Waals surface area contributed by atoms with E-state index in [0.717, 1.165) is 0 Å². The van der Waals surface area contributed by atoms with Gasteiger partial charge in [-0.2, -0.15) is 0 Å². The molecule has 1 nitrogen and oxygen atoms in total. The van der Waals surface area contributed by atoms with Crippen molar-refractivity contribution in [2.24, 2.45) is 0 Å². The topological polar surface area (TPSA) is 9.23 Å². The molecule has 0 amide bonds. The van der Waals surface area contributed by atoms with Crippen LogP contribution in [-0.2, 0) is 4.74 Å². The van der Waals surface area contributed by atoms with Gasteiger partial charge in [0.2, 0.25) is 0 Å². The molecule has 64 valence electrons. The maximum Gasteiger partial charge on any atom is 0.0351 e. The Hall–Kier alpha value is -0.0400. The first-order valence-electron chi connectivity index (χ1n) is 4.32. The molecule has 0 bridgehead atoms. The molecule has 0 aliphatic heterocycles. The highest BCUT2D eigenvalue weighted by Crippen LogP contribution is 2.15. The monoisotopic (exact) mass is 146 g/mol. The van der Waals surface area contributed by atoms with Crippen LogP contribution in [0.1, 0.15) is 46.0 Å². The van der Waals surface area contributed by atoms with Gasteiger partial charge in [-0.3, -0.25) is 0 Å². The summed E-state index contributed by atoms with van der Waals surface area (Å²) in [6.07, 6.45) is 7.50. The molecule has 0 saturated heterocycles. The van der Waals surface area contributed by atoms with E-state index in [1.54, 1.807) is 14.2 Å². The molecular formula is C9H22O. The van der Waals surface area contributed by atoms with E-state index in [4.69, 9.17) is 0 Å². The fourth-order valence-electron chi connectivity index (χ4n) is 0.884. The van der Waals surface area contributed by atoms with Crippen molar-refractivity contribution in [2.45, 2.75) is 46.0 Å². The second-order valence-corrected chi connectivity index (χ2v) is 2.18. The highest BCUT2D eigenvalue weighted by molar-refractivity contribution is 4.51. The first-order chi connectivity index (χ1) is 4.91. The molecule has 1 aliphatic rings. The molecule has 1 heteroatoms. The van der Waals surface area contributed by atoms with Gasteiger partial charge in [-0.15, -0.1) is 0 Å². The number of ether oxygens (including phenoxy) is 1. The van der Waals surface area contributed by atoms with Crippen molar-refractivity contribution >= 4 is 0 Å². The Morgan fingerprint density at radius 1 is 0.700 bits per heavy atom. The van der Waals surface area contributed by atoms with Gasteiger partial charge in [0.1, 0.15) is 0 Å². The maximum absolute atomic E-state index is 4.25. The van der Waals surface area contributed by atoms with E-state index >= 15 is 0 Å². The number of rotatable bonds is 0. The quantitative estimate of drug-likeness (QED) is 0.510. The van der Waals surface area contributed by atoms with Gasteiger partial charge in [-0.25, -0.2) is 0 Å². The molecule has 1 fully saturated rings. The summed E-state index contributed by atoms with van der Waals surface area (Å²) in [7, 11) is 3.25. The third kappa shape index (κ3) is 15.7. The second-order valence-electron chi connectivity index (χ2n) is 2.18. The predicted octanol–water partition coefficient (Wildman–Crippen LogP) is 3.24. The lowest BCUT2D eigenvalue weighted by Crippen LogP contribution is -1.55. The zero-order chi connectivity index (χ0) is 8.24. The first kappa shape index (κ1) is 12.6. The van der Waals surface area contributed by atoms with E-state index in [1.807, 2.05) is 13.8 Å². The van der Waals surface area contributed by atoms with Crippen molar-refractivity contribution in [3.8, 4) is 0 Å². The molecule has 1 rings (SSSR count). The molecule has 1 saturated carbocycles. The summed E-state index contributed by atoms with van der Waals surface area (Å²) >= 11 is 0. The van der Waals surface area contributed by atoms with Crippen LogP contribution in [0.2, 0.25) is 0 Å². The lowest BCUT2D eigenvalue weighted by molar-refractivity contribution is 0.277. The van der Waals surface area contributed by atoms with Crippen molar-refractivity contribution in [3.63, 3.8) is 0 Å². The molecule has 1 aliphatic carbocycles. The predicted molar refractivity (Wildman–Crippen MR) is 47.4 cm³/mol. The minimum absolute atomic E-state index is 1.50. The van der Waals surface area contributed by atoms with Crippen LogP contribution in [0.3, 0.4) is 0 Å². The van der Waals surface area contributed by atoms with Crippen LogP contribution < -0.4 is 0 Å². The van der Waals surface area contributed by atoms with Gasteiger partial charge in [0.15, 0.2) is 0 Å². The Labute approximate surface area is 65.8 Å². The molecular weight excluding hydrogens is 124 g/mol. The summed E-state index contributed by atoms with van der Waals surface area (Å²) in [6, 6.07) is 0. The molecule has 0 spiro atoms. The van der Waals surface area contributed by atoms with Gasteiger partial charge in [0, 0.05) is 14.2 Å². The van der Waals surface area contributed by atoms with Gasteiger partial charge in [-0.1, -0.05) is 46.0 Å². The lowest BCUT2D eigenvalue weighted by atomic mass is 10.4. The van der Waals surface area contributed by atoms with Crippen LogP contribution in [-0.4, -0.2) is 14.2 Å². The van der Waals surface area contributed by atoms with Crippen LogP contribution in [0.5, 0.6) is 0 Å². The van der Waals surface area contributed by atoms with E-state index in [1.165, 1.54) is 32.1 Å². The third-order valence-electron chi connectivity index (χ3n) is 1.25. The Morgan fingerprint density at radius 2 is 0.800 bits per heavy atom. The van der Waals surface area contributed by atoms with Gasteiger partial charge >= 0.3 is 0 Å². The van der Waals surface area contributed by atoms with Crippen LogP contribution in [0.4, 0.5) is 0 Å². The summed E-state index contributed by atoms with van der Waals surface area (Å²) in [5.74, 6) is 0. The molecule has 0 unspecified atom stereocenters. The molecule has 0 atom stereocenters. The largest absolute Gasteiger partial charge is 0.388 e. The smallest absolute Gasteiger partial charge is 0.0351 e. The summed E-state index contributed by atoms with van der Waals surface area (Å²) in [4.78, 5) is 0. The van der Waals surface area contributed by atoms with Crippen molar-refractivity contribution in [1.82, 2.24) is 0 Å². The Balaban J connectivity index is 0. The number of methoxy groups -OCH3 is 1. The Kier molecular flexibility index (Phi) is 20.2. The molecule has 0 aromatic rings. The molecule has 0 aromatic carbocycles. The number of hydrogen-bond acceptors (Lipinski definition) is 1. The summed E-state index contributed by atoms with van der Waals surface area (Å²) in [6.45, 7) is 4.00. The summed E-state index contributed by atoms with van der Waals surface area (Å²) in [5, 5.41) is 0. The highest BCUT2D eigenvalue weighted by Gasteiger charge is 1.95. The van der Waals surface area contributed by atoms with E-state index in [9.17, 15) is 0 Å². The van der Waals surface area contributed by atoms with E-state index in [2.05, 4.69) is 4.74 Å². The molecule has 0 heterocycles. The third-order valence-corrected chi connectivity index (χ3v) is 1.25. The molecule has 0 N–H and O–H groups in total. The summed E-state index contributed by atoms with van der Waals surface area (Å²) in [5.41, 5.74) is 0. The van der Waals surface area contributed by atoms with Crippen LogP contribution in [0.25, 0.3) is 0 Å². The van der Waals surface area contributed by atoms with Gasteiger partial charge in [0.25, 0.3) is 0 Å². The Morgan fingerprint density at radius 3 is 0.900 bits per heavy atom. The van der Waals surface area contributed by atoms with Gasteiger partial charge < -0.3 is 4.74 Å². The standard InChI is InChI=1S/C5H10.C2H6O.C2H6/c1-2-4-5-3-1;1-3-2;1-2/h1-5H2;1-2H3;1-2H3. The summed E-state index contributed by atoms with van der Waals surface area (Å²) < 4.78 is 4.25. The number of hydrogen-bond donors (Lipinski definition) is 0. The van der Waals surface area contributed by atoms with Crippen LogP contribution in [0.15, 0.2) is 0 Å². The molecule has 0 aromatic heterocycles. The van der Waals surface area contributed by atoms with E-state index in [-0.39, 0.29) is 0 Å². The van der Waals surface area contributed by atoms with Gasteiger partial charge in [0.05, 0.1) is 0 Å². The van der Waals surface area contributed by atoms with Crippen molar-refractivity contribution in [1.29, 1.82) is 0 Å². The van der Waals surface area contributed by atoms with Gasteiger partial charge in [-0.05, 0) is 0 Å². The lowest BCUT2D eigenvalue weighted by Gasteiger charge is -1.67. The van der Waals surface area contributed by atoms with Crippen LogP contribution in [0, 0.1) is 0 Å².